The van der Waals surface area contributed by atoms with Crippen LogP contribution in [-0.4, -0.2) is 25.3 Å². The van der Waals surface area contributed by atoms with Gasteiger partial charge in [-0.2, -0.15) is 4.31 Å². The quantitative estimate of drug-likeness (QED) is 0.908. The number of rotatable bonds is 5. The van der Waals surface area contributed by atoms with E-state index >= 15 is 0 Å². The molecule has 0 amide bonds. The summed E-state index contributed by atoms with van der Waals surface area (Å²) in [6, 6.07) is 0.156. The summed E-state index contributed by atoms with van der Waals surface area (Å²) in [6.07, 6.45) is 5.44. The van der Waals surface area contributed by atoms with Gasteiger partial charge in [-0.05, 0) is 30.7 Å². The fourth-order valence-electron chi connectivity index (χ4n) is 3.09. The third-order valence-corrected chi connectivity index (χ3v) is 7.55. The molecule has 1 aromatic heterocycles. The molecule has 2 N–H and O–H groups in total. The van der Waals surface area contributed by atoms with Gasteiger partial charge in [0.1, 0.15) is 4.90 Å². The van der Waals surface area contributed by atoms with Crippen LogP contribution in [0.1, 0.15) is 49.5 Å². The molecule has 2 rings (SSSR count). The Morgan fingerprint density at radius 1 is 1.35 bits per heavy atom. The predicted octanol–water partition coefficient (Wildman–Crippen LogP) is 2.86. The fourth-order valence-corrected chi connectivity index (χ4v) is 6.44. The lowest BCUT2D eigenvalue weighted by Crippen LogP contribution is -2.41. The van der Waals surface area contributed by atoms with Crippen molar-refractivity contribution in [2.45, 2.75) is 63.4 Å². The monoisotopic (exact) mass is 316 g/mol. The molecule has 1 fully saturated rings. The van der Waals surface area contributed by atoms with Crippen LogP contribution >= 0.6 is 11.3 Å². The van der Waals surface area contributed by atoms with E-state index in [9.17, 15) is 8.42 Å². The first-order valence-electron chi connectivity index (χ1n) is 7.31. The van der Waals surface area contributed by atoms with Crippen molar-refractivity contribution in [2.24, 2.45) is 5.73 Å². The molecule has 0 unspecified atom stereocenters. The molecule has 0 spiro atoms. The van der Waals surface area contributed by atoms with Crippen LogP contribution in [0.15, 0.2) is 10.3 Å². The maximum absolute atomic E-state index is 13.0. The zero-order valence-corrected chi connectivity index (χ0v) is 13.9. The number of aryl methyl sites for hydroxylation is 1. The molecule has 0 radical (unpaired) electrons. The second-order valence-electron chi connectivity index (χ2n) is 5.38. The summed E-state index contributed by atoms with van der Waals surface area (Å²) in [5.41, 5.74) is 6.53. The molecular formula is C14H24N2O2S2. The number of hydrogen-bond acceptors (Lipinski definition) is 4. The summed E-state index contributed by atoms with van der Waals surface area (Å²) in [5.74, 6) is 0. The number of sulfonamides is 1. The average molecular weight is 316 g/mol. The van der Waals surface area contributed by atoms with E-state index in [0.29, 0.717) is 11.4 Å². The number of thiophene rings is 1. The summed E-state index contributed by atoms with van der Waals surface area (Å²) >= 11 is 1.45. The lowest BCUT2D eigenvalue weighted by molar-refractivity contribution is 0.261. The first kappa shape index (κ1) is 15.9. The highest BCUT2D eigenvalue weighted by Crippen LogP contribution is 2.33. The molecule has 0 aliphatic heterocycles. The van der Waals surface area contributed by atoms with Crippen molar-refractivity contribution in [3.8, 4) is 0 Å². The Bertz CT molecular complexity index is 546. The van der Waals surface area contributed by atoms with Gasteiger partial charge in [-0.3, -0.25) is 0 Å². The lowest BCUT2D eigenvalue weighted by atomic mass is 9.95. The van der Waals surface area contributed by atoms with Gasteiger partial charge in [-0.25, -0.2) is 8.42 Å². The molecule has 114 valence electrons. The van der Waals surface area contributed by atoms with E-state index in [0.717, 1.165) is 36.1 Å². The van der Waals surface area contributed by atoms with Crippen molar-refractivity contribution < 1.29 is 8.42 Å². The minimum atomic E-state index is -3.42. The molecule has 0 bridgehead atoms. The Kier molecular flexibility index (Phi) is 5.23. The molecule has 1 heterocycles. The summed E-state index contributed by atoms with van der Waals surface area (Å²) < 4.78 is 27.7. The molecule has 20 heavy (non-hydrogen) atoms. The summed E-state index contributed by atoms with van der Waals surface area (Å²) in [7, 11) is -3.42. The van der Waals surface area contributed by atoms with Crippen molar-refractivity contribution in [2.75, 3.05) is 6.54 Å². The van der Waals surface area contributed by atoms with Crippen LogP contribution in [0, 0.1) is 6.92 Å². The second kappa shape index (κ2) is 6.56. The van der Waals surface area contributed by atoms with Crippen LogP contribution in [0.25, 0.3) is 0 Å². The van der Waals surface area contributed by atoms with Crippen LogP contribution in [0.4, 0.5) is 0 Å². The SMILES string of the molecule is CCN(C1CCCCC1)S(=O)(=O)c1c(C)csc1CN. The average Bonchev–Trinajstić information content (AvgIpc) is 2.82. The third kappa shape index (κ3) is 2.93. The van der Waals surface area contributed by atoms with Gasteiger partial charge in [0.15, 0.2) is 0 Å². The van der Waals surface area contributed by atoms with Crippen molar-refractivity contribution in [3.05, 3.63) is 15.8 Å². The molecule has 1 aliphatic rings. The van der Waals surface area contributed by atoms with Crippen molar-refractivity contribution in [1.82, 2.24) is 4.31 Å². The first-order valence-corrected chi connectivity index (χ1v) is 9.63. The maximum atomic E-state index is 13.0. The summed E-state index contributed by atoms with van der Waals surface area (Å²) in [4.78, 5) is 1.23. The molecule has 1 aromatic rings. The Hall–Kier alpha value is -0.430. The van der Waals surface area contributed by atoms with E-state index in [1.807, 2.05) is 19.2 Å². The highest BCUT2D eigenvalue weighted by molar-refractivity contribution is 7.89. The Labute approximate surface area is 126 Å². The van der Waals surface area contributed by atoms with Crippen LogP contribution < -0.4 is 5.73 Å². The molecule has 1 aliphatic carbocycles. The number of hydrogen-bond donors (Lipinski definition) is 1. The van der Waals surface area contributed by atoms with E-state index in [-0.39, 0.29) is 12.6 Å². The normalized spacial score (nSPS) is 17.8. The smallest absolute Gasteiger partial charge is 0.244 e. The molecule has 0 atom stereocenters. The molecular weight excluding hydrogens is 292 g/mol. The lowest BCUT2D eigenvalue weighted by Gasteiger charge is -2.32. The van der Waals surface area contributed by atoms with E-state index in [2.05, 4.69) is 0 Å². The second-order valence-corrected chi connectivity index (χ2v) is 8.17. The Morgan fingerprint density at radius 3 is 2.55 bits per heavy atom. The van der Waals surface area contributed by atoms with Gasteiger partial charge in [0.05, 0.1) is 0 Å². The van der Waals surface area contributed by atoms with Gasteiger partial charge in [0.2, 0.25) is 10.0 Å². The molecule has 0 aromatic carbocycles. The van der Waals surface area contributed by atoms with Crippen molar-refractivity contribution in [3.63, 3.8) is 0 Å². The van der Waals surface area contributed by atoms with Crippen LogP contribution in [0.3, 0.4) is 0 Å². The van der Waals surface area contributed by atoms with E-state index in [1.165, 1.54) is 17.8 Å². The highest BCUT2D eigenvalue weighted by Gasteiger charge is 2.34. The first-order chi connectivity index (χ1) is 9.52. The molecule has 0 saturated heterocycles. The van der Waals surface area contributed by atoms with Gasteiger partial charge in [0.25, 0.3) is 0 Å². The van der Waals surface area contributed by atoms with Gasteiger partial charge in [-0.1, -0.05) is 26.2 Å². The molecule has 6 heteroatoms. The van der Waals surface area contributed by atoms with Gasteiger partial charge < -0.3 is 5.73 Å². The zero-order chi connectivity index (χ0) is 14.8. The fraction of sp³-hybridized carbons (Fsp3) is 0.714. The minimum absolute atomic E-state index is 0.156. The van der Waals surface area contributed by atoms with E-state index in [1.54, 1.807) is 4.31 Å². The topological polar surface area (TPSA) is 63.4 Å². The number of nitrogens with zero attached hydrogens (tertiary/aromatic N) is 1. The van der Waals surface area contributed by atoms with Crippen LogP contribution in [0.2, 0.25) is 0 Å². The van der Waals surface area contributed by atoms with Crippen LogP contribution in [-0.2, 0) is 16.6 Å². The zero-order valence-electron chi connectivity index (χ0n) is 12.3. The molecule has 4 nitrogen and oxygen atoms in total. The van der Waals surface area contributed by atoms with Crippen molar-refractivity contribution >= 4 is 21.4 Å². The molecule has 1 saturated carbocycles. The van der Waals surface area contributed by atoms with Gasteiger partial charge in [0, 0.05) is 24.0 Å². The van der Waals surface area contributed by atoms with Gasteiger partial charge >= 0.3 is 0 Å². The van der Waals surface area contributed by atoms with Crippen LogP contribution in [0.5, 0.6) is 0 Å². The Morgan fingerprint density at radius 2 is 2.00 bits per heavy atom. The highest BCUT2D eigenvalue weighted by atomic mass is 32.2. The van der Waals surface area contributed by atoms with E-state index in [4.69, 9.17) is 5.73 Å². The maximum Gasteiger partial charge on any atom is 0.244 e. The number of nitrogens with two attached hydrogens (primary N) is 1. The summed E-state index contributed by atoms with van der Waals surface area (Å²) in [6.45, 7) is 4.61. The Balaban J connectivity index is 2.38. The minimum Gasteiger partial charge on any atom is -0.326 e. The van der Waals surface area contributed by atoms with Crippen molar-refractivity contribution in [1.29, 1.82) is 0 Å². The third-order valence-electron chi connectivity index (χ3n) is 4.04. The van der Waals surface area contributed by atoms with Gasteiger partial charge in [-0.15, -0.1) is 11.3 Å². The largest absolute Gasteiger partial charge is 0.326 e. The standard InChI is InChI=1S/C14H24N2O2S2/c1-3-16(12-7-5-4-6-8-12)20(17,18)14-11(2)10-19-13(14)9-15/h10,12H,3-9,15H2,1-2H3. The van der Waals surface area contributed by atoms with E-state index < -0.39 is 10.0 Å². The predicted molar refractivity (Wildman–Crippen MR) is 83.4 cm³/mol. The summed E-state index contributed by atoms with van der Waals surface area (Å²) in [5, 5.41) is 1.89.